The Labute approximate surface area is 116 Å². The molecule has 1 heterocycles. The van der Waals surface area contributed by atoms with Crippen LogP contribution in [0.3, 0.4) is 0 Å². The van der Waals surface area contributed by atoms with Gasteiger partial charge in [0.05, 0.1) is 12.0 Å². The molecular formula is C15H28N2O2. The first kappa shape index (κ1) is 14.8. The molecule has 0 aromatic rings. The minimum Gasteiger partial charge on any atom is -0.389 e. The lowest BCUT2D eigenvalue weighted by molar-refractivity contribution is -0.139. The number of likely N-dealkylation sites (tertiary alicyclic amines) is 1. The molecule has 0 radical (unpaired) electrons. The Bertz CT molecular complexity index is 313. The highest BCUT2D eigenvalue weighted by Gasteiger charge is 2.34. The van der Waals surface area contributed by atoms with E-state index in [1.165, 1.54) is 6.42 Å². The monoisotopic (exact) mass is 268 g/mol. The average molecular weight is 268 g/mol. The van der Waals surface area contributed by atoms with Gasteiger partial charge in [-0.1, -0.05) is 19.3 Å². The molecule has 4 nitrogen and oxygen atoms in total. The molecule has 0 bridgehead atoms. The normalized spacial score (nSPS) is 28.1. The minimum atomic E-state index is -0.732. The third-order valence-electron chi connectivity index (χ3n) is 4.81. The molecule has 1 aliphatic heterocycles. The standard InChI is InChI=1S/C15H28N2O2/c1-16-10-6-7-13(12-16)17(2)14(18)11-15(19)8-4-3-5-9-15/h13,19H,3-12H2,1-2H3. The minimum absolute atomic E-state index is 0.115. The van der Waals surface area contributed by atoms with Crippen LogP contribution < -0.4 is 0 Å². The summed E-state index contributed by atoms with van der Waals surface area (Å²) in [5.74, 6) is 0.115. The van der Waals surface area contributed by atoms with Crippen LogP contribution in [-0.4, -0.2) is 59.6 Å². The zero-order chi connectivity index (χ0) is 13.9. The van der Waals surface area contributed by atoms with Crippen molar-refractivity contribution < 1.29 is 9.90 Å². The summed E-state index contributed by atoms with van der Waals surface area (Å²) in [4.78, 5) is 16.5. The predicted octanol–water partition coefficient (Wildman–Crippen LogP) is 1.62. The van der Waals surface area contributed by atoms with Crippen molar-refractivity contribution in [1.29, 1.82) is 0 Å². The molecule has 1 atom stereocenters. The van der Waals surface area contributed by atoms with Gasteiger partial charge in [0.25, 0.3) is 0 Å². The molecule has 1 N–H and O–H groups in total. The van der Waals surface area contributed by atoms with Gasteiger partial charge in [0.15, 0.2) is 0 Å². The van der Waals surface area contributed by atoms with Crippen molar-refractivity contribution in [1.82, 2.24) is 9.80 Å². The van der Waals surface area contributed by atoms with Crippen molar-refractivity contribution in [2.75, 3.05) is 27.2 Å². The van der Waals surface area contributed by atoms with Gasteiger partial charge in [-0.15, -0.1) is 0 Å². The van der Waals surface area contributed by atoms with Crippen LogP contribution in [0.4, 0.5) is 0 Å². The summed E-state index contributed by atoms with van der Waals surface area (Å²) >= 11 is 0. The van der Waals surface area contributed by atoms with Crippen LogP contribution in [0.25, 0.3) is 0 Å². The maximum absolute atomic E-state index is 12.4. The highest BCUT2D eigenvalue weighted by Crippen LogP contribution is 2.31. The molecule has 2 fully saturated rings. The van der Waals surface area contributed by atoms with Gasteiger partial charge in [0.2, 0.25) is 5.91 Å². The largest absolute Gasteiger partial charge is 0.389 e. The van der Waals surface area contributed by atoms with Crippen molar-refractivity contribution in [3.63, 3.8) is 0 Å². The molecule has 110 valence electrons. The summed E-state index contributed by atoms with van der Waals surface area (Å²) in [6.07, 6.45) is 7.44. The predicted molar refractivity (Wildman–Crippen MR) is 75.9 cm³/mol. The Kier molecular flexibility index (Phi) is 4.85. The number of carbonyl (C=O) groups is 1. The van der Waals surface area contributed by atoms with Crippen LogP contribution in [0.1, 0.15) is 51.4 Å². The number of nitrogens with zero attached hydrogens (tertiary/aromatic N) is 2. The lowest BCUT2D eigenvalue weighted by atomic mass is 9.82. The van der Waals surface area contributed by atoms with Gasteiger partial charge in [-0.2, -0.15) is 0 Å². The van der Waals surface area contributed by atoms with Crippen LogP contribution in [-0.2, 0) is 4.79 Å². The topological polar surface area (TPSA) is 43.8 Å². The molecule has 19 heavy (non-hydrogen) atoms. The Morgan fingerprint density at radius 1 is 1.32 bits per heavy atom. The maximum Gasteiger partial charge on any atom is 0.225 e. The molecule has 0 spiro atoms. The number of hydrogen-bond donors (Lipinski definition) is 1. The summed E-state index contributed by atoms with van der Waals surface area (Å²) < 4.78 is 0. The van der Waals surface area contributed by atoms with Crippen LogP contribution in [0, 0.1) is 0 Å². The van der Waals surface area contributed by atoms with E-state index in [4.69, 9.17) is 0 Å². The molecule has 2 aliphatic rings. The van der Waals surface area contributed by atoms with E-state index in [9.17, 15) is 9.90 Å². The van der Waals surface area contributed by atoms with E-state index in [0.29, 0.717) is 12.5 Å². The first-order chi connectivity index (χ1) is 9.00. The maximum atomic E-state index is 12.4. The molecule has 4 heteroatoms. The summed E-state index contributed by atoms with van der Waals surface area (Å²) in [5.41, 5.74) is -0.732. The van der Waals surface area contributed by atoms with Crippen molar-refractivity contribution in [3.8, 4) is 0 Å². The lowest BCUT2D eigenvalue weighted by Crippen LogP contribution is -2.49. The number of aliphatic hydroxyl groups is 1. The van der Waals surface area contributed by atoms with Gasteiger partial charge >= 0.3 is 0 Å². The number of amides is 1. The van der Waals surface area contributed by atoms with Crippen molar-refractivity contribution in [3.05, 3.63) is 0 Å². The van der Waals surface area contributed by atoms with Gasteiger partial charge in [0, 0.05) is 19.6 Å². The molecule has 1 amide bonds. The number of hydrogen-bond acceptors (Lipinski definition) is 3. The van der Waals surface area contributed by atoms with E-state index in [1.54, 1.807) is 0 Å². The fourth-order valence-electron chi connectivity index (χ4n) is 3.45. The van der Waals surface area contributed by atoms with Gasteiger partial charge in [-0.25, -0.2) is 0 Å². The fourth-order valence-corrected chi connectivity index (χ4v) is 3.45. The second-order valence-electron chi connectivity index (χ2n) is 6.52. The van der Waals surface area contributed by atoms with Crippen LogP contribution in [0.15, 0.2) is 0 Å². The van der Waals surface area contributed by atoms with E-state index < -0.39 is 5.60 Å². The molecule has 1 unspecified atom stereocenters. The summed E-state index contributed by atoms with van der Waals surface area (Å²) in [7, 11) is 4.01. The number of piperidine rings is 1. The lowest BCUT2D eigenvalue weighted by Gasteiger charge is -2.38. The third kappa shape index (κ3) is 3.93. The molecule has 2 rings (SSSR count). The molecular weight excluding hydrogens is 240 g/mol. The smallest absolute Gasteiger partial charge is 0.225 e. The van der Waals surface area contributed by atoms with E-state index >= 15 is 0 Å². The second kappa shape index (κ2) is 6.23. The summed E-state index contributed by atoms with van der Waals surface area (Å²) in [5, 5.41) is 10.5. The molecule has 0 aromatic heterocycles. The van der Waals surface area contributed by atoms with E-state index in [0.717, 1.165) is 51.6 Å². The Morgan fingerprint density at radius 2 is 2.00 bits per heavy atom. The number of likely N-dealkylation sites (N-methyl/N-ethyl adjacent to an activating group) is 2. The Hall–Kier alpha value is -0.610. The van der Waals surface area contributed by atoms with Crippen molar-refractivity contribution >= 4 is 5.91 Å². The molecule has 0 aromatic carbocycles. The highest BCUT2D eigenvalue weighted by atomic mass is 16.3. The molecule has 1 saturated heterocycles. The zero-order valence-electron chi connectivity index (χ0n) is 12.4. The first-order valence-electron chi connectivity index (χ1n) is 7.67. The van der Waals surface area contributed by atoms with Crippen molar-refractivity contribution in [2.24, 2.45) is 0 Å². The SMILES string of the molecule is CN1CCCC(N(C)C(=O)CC2(O)CCCCC2)C1. The van der Waals surface area contributed by atoms with Crippen molar-refractivity contribution in [2.45, 2.75) is 63.0 Å². The van der Waals surface area contributed by atoms with Gasteiger partial charge in [-0.3, -0.25) is 4.79 Å². The number of rotatable bonds is 3. The Morgan fingerprint density at radius 3 is 2.63 bits per heavy atom. The molecule has 1 aliphatic carbocycles. The second-order valence-corrected chi connectivity index (χ2v) is 6.52. The fraction of sp³-hybridized carbons (Fsp3) is 0.933. The summed E-state index contributed by atoms with van der Waals surface area (Å²) in [6.45, 7) is 2.09. The summed E-state index contributed by atoms with van der Waals surface area (Å²) in [6, 6.07) is 0.318. The van der Waals surface area contributed by atoms with Gasteiger partial charge in [-0.05, 0) is 39.3 Å². The Balaban J connectivity index is 1.87. The highest BCUT2D eigenvalue weighted by molar-refractivity contribution is 5.77. The number of carbonyl (C=O) groups excluding carboxylic acids is 1. The van der Waals surface area contributed by atoms with Crippen LogP contribution in [0.2, 0.25) is 0 Å². The quantitative estimate of drug-likeness (QED) is 0.846. The van der Waals surface area contributed by atoms with Crippen LogP contribution >= 0.6 is 0 Å². The van der Waals surface area contributed by atoms with Gasteiger partial charge < -0.3 is 14.9 Å². The third-order valence-corrected chi connectivity index (χ3v) is 4.81. The first-order valence-corrected chi connectivity index (χ1v) is 7.67. The van der Waals surface area contributed by atoms with E-state index in [2.05, 4.69) is 11.9 Å². The average Bonchev–Trinajstić information content (AvgIpc) is 2.38. The zero-order valence-corrected chi connectivity index (χ0v) is 12.4. The van der Waals surface area contributed by atoms with Gasteiger partial charge in [0.1, 0.15) is 0 Å². The van der Waals surface area contributed by atoms with Crippen LogP contribution in [0.5, 0.6) is 0 Å². The van der Waals surface area contributed by atoms with E-state index in [1.807, 2.05) is 11.9 Å². The molecule has 1 saturated carbocycles. The van der Waals surface area contributed by atoms with E-state index in [-0.39, 0.29) is 5.91 Å².